The molecule has 0 heterocycles. The van der Waals surface area contributed by atoms with Gasteiger partial charge in [-0.3, -0.25) is 0 Å². The summed E-state index contributed by atoms with van der Waals surface area (Å²) in [6, 6.07) is 8.98. The molecule has 0 radical (unpaired) electrons. The Kier molecular flexibility index (Phi) is 5.94. The van der Waals surface area contributed by atoms with Crippen LogP contribution >= 0.6 is 51.1 Å². The van der Waals surface area contributed by atoms with E-state index in [-0.39, 0.29) is 5.75 Å². The number of nitrogens with zero attached hydrogens (tertiary/aromatic N) is 1. The fourth-order valence-electron chi connectivity index (χ4n) is 1.83. The molecule has 0 saturated carbocycles. The molecule has 22 heavy (non-hydrogen) atoms. The first-order chi connectivity index (χ1) is 10.4. The zero-order valence-electron chi connectivity index (χ0n) is 11.8. The van der Waals surface area contributed by atoms with Crippen molar-refractivity contribution in [1.82, 2.24) is 0 Å². The van der Waals surface area contributed by atoms with E-state index in [4.69, 9.17) is 23.2 Å². The van der Waals surface area contributed by atoms with Crippen LogP contribution in [0.2, 0.25) is 10.0 Å². The normalized spacial score (nSPS) is 10.0. The third-order valence-electron chi connectivity index (χ3n) is 2.79. The van der Waals surface area contributed by atoms with Crippen molar-refractivity contribution >= 4 is 56.8 Å². The summed E-state index contributed by atoms with van der Waals surface area (Å²) >= 11 is 16.8. The average Bonchev–Trinajstić information content (AvgIpc) is 2.44. The van der Waals surface area contributed by atoms with E-state index < -0.39 is 0 Å². The Morgan fingerprint density at radius 2 is 1.95 bits per heavy atom. The van der Waals surface area contributed by atoms with E-state index in [9.17, 15) is 5.11 Å². The van der Waals surface area contributed by atoms with Crippen LogP contribution in [0.15, 0.2) is 39.7 Å². The van der Waals surface area contributed by atoms with Crippen molar-refractivity contribution in [3.63, 3.8) is 0 Å². The molecule has 0 aliphatic heterocycles. The predicted molar refractivity (Wildman–Crippen MR) is 99.1 cm³/mol. The minimum atomic E-state index is 0.0544. The van der Waals surface area contributed by atoms with Crippen molar-refractivity contribution in [2.75, 3.05) is 11.4 Å². The molecule has 0 fully saturated rings. The molecule has 114 valence electrons. The Hall–Kier alpha value is -0.990. The lowest BCUT2D eigenvalue weighted by molar-refractivity contribution is 0.462. The number of hydrogen-bond donors (Lipinski definition) is 1. The number of phenolic OH excluding ortho intramolecular Hbond substituents is 1. The monoisotopic (exact) mass is 415 g/mol. The first-order valence-corrected chi connectivity index (χ1v) is 8.56. The minimum Gasteiger partial charge on any atom is -0.505 e. The third kappa shape index (κ3) is 4.05. The third-order valence-corrected chi connectivity index (χ3v) is 4.75. The summed E-state index contributed by atoms with van der Waals surface area (Å²) in [5.41, 5.74) is 1.73. The maximum atomic E-state index is 10.1. The van der Waals surface area contributed by atoms with Crippen molar-refractivity contribution < 1.29 is 5.11 Å². The fourth-order valence-corrected chi connectivity index (χ4v) is 3.94. The lowest BCUT2D eigenvalue weighted by atomic mass is 10.2. The summed E-state index contributed by atoms with van der Waals surface area (Å²) < 4.78 is 2.71. The van der Waals surface area contributed by atoms with Crippen molar-refractivity contribution in [1.29, 1.82) is 0 Å². The van der Waals surface area contributed by atoms with Crippen LogP contribution in [0.25, 0.3) is 0 Å². The molecule has 0 saturated heterocycles. The fraction of sp³-hybridized carbons (Fsp3) is 0.125. The predicted octanol–water partition coefficient (Wildman–Crippen LogP) is 5.98. The summed E-state index contributed by atoms with van der Waals surface area (Å²) in [6.07, 6.45) is 0. The second-order valence-electron chi connectivity index (χ2n) is 4.36. The summed E-state index contributed by atoms with van der Waals surface area (Å²) in [4.78, 5) is 0.646. The maximum absolute atomic E-state index is 10.1. The molecule has 0 aromatic heterocycles. The van der Waals surface area contributed by atoms with E-state index in [1.807, 2.05) is 35.6 Å². The lowest BCUT2D eigenvalue weighted by Crippen LogP contribution is -2.08. The van der Waals surface area contributed by atoms with Gasteiger partial charge in [0.1, 0.15) is 5.75 Å². The van der Waals surface area contributed by atoms with Gasteiger partial charge in [-0.25, -0.2) is 0 Å². The molecule has 0 bridgehead atoms. The molecule has 2 aromatic rings. The molecular weight excluding hydrogens is 405 g/mol. The van der Waals surface area contributed by atoms with Crippen LogP contribution in [-0.4, -0.2) is 12.2 Å². The molecule has 0 atom stereocenters. The highest BCUT2D eigenvalue weighted by molar-refractivity contribution is 9.10. The van der Waals surface area contributed by atoms with Crippen LogP contribution in [0.1, 0.15) is 12.5 Å². The van der Waals surface area contributed by atoms with Gasteiger partial charge in [0.25, 0.3) is 0 Å². The SMILES string of the molecule is CC#Cc1cc(Cl)ccc1N(C)Sc1cc(Br)cc(Cl)c1O. The first-order valence-electron chi connectivity index (χ1n) is 6.24. The summed E-state index contributed by atoms with van der Waals surface area (Å²) in [5.74, 6) is 5.97. The molecule has 0 aliphatic rings. The van der Waals surface area contributed by atoms with E-state index in [2.05, 4.69) is 27.8 Å². The number of hydrogen-bond acceptors (Lipinski definition) is 3. The Labute approximate surface area is 152 Å². The van der Waals surface area contributed by atoms with Gasteiger partial charge in [-0.15, -0.1) is 5.92 Å². The Morgan fingerprint density at radius 3 is 2.64 bits per heavy atom. The second-order valence-corrected chi connectivity index (χ2v) is 7.29. The van der Waals surface area contributed by atoms with Gasteiger partial charge >= 0.3 is 0 Å². The van der Waals surface area contributed by atoms with Crippen LogP contribution < -0.4 is 4.31 Å². The number of halogens is 3. The van der Waals surface area contributed by atoms with Crippen molar-refractivity contribution in [2.45, 2.75) is 11.8 Å². The van der Waals surface area contributed by atoms with Crippen molar-refractivity contribution in [2.24, 2.45) is 0 Å². The quantitative estimate of drug-likeness (QED) is 0.491. The molecule has 0 amide bonds. The Morgan fingerprint density at radius 1 is 1.23 bits per heavy atom. The van der Waals surface area contributed by atoms with Gasteiger partial charge in [0.15, 0.2) is 0 Å². The Balaban J connectivity index is 2.37. The largest absolute Gasteiger partial charge is 0.505 e. The summed E-state index contributed by atoms with van der Waals surface area (Å²) in [7, 11) is 1.89. The lowest BCUT2D eigenvalue weighted by Gasteiger charge is -2.20. The second kappa shape index (κ2) is 7.52. The zero-order valence-corrected chi connectivity index (χ0v) is 15.7. The number of anilines is 1. The van der Waals surface area contributed by atoms with Crippen molar-refractivity contribution in [3.8, 4) is 17.6 Å². The smallest absolute Gasteiger partial charge is 0.149 e. The number of rotatable bonds is 3. The molecule has 0 spiro atoms. The zero-order chi connectivity index (χ0) is 16.3. The standard InChI is InChI=1S/C16H12BrCl2NOS/c1-3-4-10-7-12(18)5-6-14(10)20(2)22-15-9-11(17)8-13(19)16(15)21/h5-9,21H,1-2H3. The van der Waals surface area contributed by atoms with Gasteiger partial charge in [-0.2, -0.15) is 0 Å². The van der Waals surface area contributed by atoms with Crippen LogP contribution in [0.4, 0.5) is 5.69 Å². The molecule has 0 unspecified atom stereocenters. The summed E-state index contributed by atoms with van der Waals surface area (Å²) in [6.45, 7) is 1.78. The minimum absolute atomic E-state index is 0.0544. The first kappa shape index (κ1) is 17.4. The number of benzene rings is 2. The highest BCUT2D eigenvalue weighted by atomic mass is 79.9. The average molecular weight is 417 g/mol. The van der Waals surface area contributed by atoms with Gasteiger partial charge in [0.2, 0.25) is 0 Å². The number of phenols is 1. The van der Waals surface area contributed by atoms with Crippen LogP contribution in [0, 0.1) is 11.8 Å². The summed E-state index contributed by atoms with van der Waals surface area (Å²) in [5, 5.41) is 11.0. The van der Waals surface area contributed by atoms with E-state index in [1.165, 1.54) is 11.9 Å². The van der Waals surface area contributed by atoms with Crippen LogP contribution in [0.5, 0.6) is 5.75 Å². The van der Waals surface area contributed by atoms with Crippen molar-refractivity contribution in [3.05, 3.63) is 50.4 Å². The molecular formula is C16H12BrCl2NOS. The molecule has 2 aromatic carbocycles. The van der Waals surface area contributed by atoms with E-state index in [0.29, 0.717) is 14.9 Å². The van der Waals surface area contributed by atoms with E-state index in [1.54, 1.807) is 13.0 Å². The highest BCUT2D eigenvalue weighted by Crippen LogP contribution is 2.40. The van der Waals surface area contributed by atoms with Crippen LogP contribution in [-0.2, 0) is 0 Å². The maximum Gasteiger partial charge on any atom is 0.149 e. The molecule has 0 aliphatic carbocycles. The van der Waals surface area contributed by atoms with Crippen LogP contribution in [0.3, 0.4) is 0 Å². The van der Waals surface area contributed by atoms with E-state index in [0.717, 1.165) is 15.7 Å². The van der Waals surface area contributed by atoms with Gasteiger partial charge in [0.05, 0.1) is 21.2 Å². The Bertz CT molecular complexity index is 771. The van der Waals surface area contributed by atoms with Gasteiger partial charge in [-0.1, -0.05) is 45.1 Å². The van der Waals surface area contributed by atoms with E-state index >= 15 is 0 Å². The van der Waals surface area contributed by atoms with Gasteiger partial charge < -0.3 is 9.41 Å². The number of aromatic hydroxyl groups is 1. The topological polar surface area (TPSA) is 23.5 Å². The molecule has 2 rings (SSSR count). The van der Waals surface area contributed by atoms with Gasteiger partial charge in [-0.05, 0) is 49.2 Å². The molecule has 6 heteroatoms. The van der Waals surface area contributed by atoms with Gasteiger partial charge in [0, 0.05) is 16.5 Å². The molecule has 1 N–H and O–H groups in total. The molecule has 2 nitrogen and oxygen atoms in total. The highest BCUT2D eigenvalue weighted by Gasteiger charge is 2.14.